The van der Waals surface area contributed by atoms with Crippen molar-refractivity contribution in [1.29, 1.82) is 0 Å². The standard InChI is InChI=1S/C7H6Cl2N2OS/c8-4-1-5(9)3-6(2-4)11(13)7(10)12/h1-3,13H,(H2,10,12). The number of nitrogens with two attached hydrogens (primary N) is 1. The van der Waals surface area contributed by atoms with E-state index in [0.29, 0.717) is 15.7 Å². The second kappa shape index (κ2) is 4.09. The van der Waals surface area contributed by atoms with E-state index in [1.807, 2.05) is 0 Å². The zero-order valence-corrected chi connectivity index (χ0v) is 8.77. The van der Waals surface area contributed by atoms with Crippen LogP contribution in [0.25, 0.3) is 0 Å². The molecule has 13 heavy (non-hydrogen) atoms. The highest BCUT2D eigenvalue weighted by Gasteiger charge is 2.08. The normalized spacial score (nSPS) is 9.77. The number of hydrogen-bond donors (Lipinski definition) is 2. The van der Waals surface area contributed by atoms with Gasteiger partial charge in [-0.1, -0.05) is 36.0 Å². The summed E-state index contributed by atoms with van der Waals surface area (Å²) in [5, 5.41) is 0.839. The third kappa shape index (κ3) is 2.69. The number of nitrogens with zero attached hydrogens (tertiary/aromatic N) is 1. The van der Waals surface area contributed by atoms with E-state index >= 15 is 0 Å². The molecule has 3 nitrogen and oxygen atoms in total. The SMILES string of the molecule is NC(=O)N(S)c1cc(Cl)cc(Cl)c1. The molecule has 2 N–H and O–H groups in total. The van der Waals surface area contributed by atoms with Gasteiger partial charge in [0.2, 0.25) is 0 Å². The summed E-state index contributed by atoms with van der Waals surface area (Å²) in [4.78, 5) is 10.7. The molecule has 0 saturated heterocycles. The van der Waals surface area contributed by atoms with Gasteiger partial charge in [0.15, 0.2) is 0 Å². The quantitative estimate of drug-likeness (QED) is 0.725. The Hall–Kier alpha value is -0.580. The van der Waals surface area contributed by atoms with Crippen LogP contribution in [0.3, 0.4) is 0 Å². The van der Waals surface area contributed by atoms with Crippen LogP contribution in [0.4, 0.5) is 10.5 Å². The van der Waals surface area contributed by atoms with Gasteiger partial charge in [-0.25, -0.2) is 9.10 Å². The van der Waals surface area contributed by atoms with E-state index in [1.165, 1.54) is 12.1 Å². The summed E-state index contributed by atoms with van der Waals surface area (Å²) in [5.41, 5.74) is 5.43. The predicted octanol–water partition coefficient (Wildman–Crippen LogP) is 2.72. The number of benzene rings is 1. The molecule has 0 spiro atoms. The first kappa shape index (κ1) is 10.5. The molecule has 0 bridgehead atoms. The largest absolute Gasteiger partial charge is 0.350 e. The van der Waals surface area contributed by atoms with Crippen LogP contribution in [0.1, 0.15) is 0 Å². The van der Waals surface area contributed by atoms with Crippen LogP contribution in [0.15, 0.2) is 18.2 Å². The molecule has 0 aliphatic carbocycles. The van der Waals surface area contributed by atoms with Gasteiger partial charge in [0.1, 0.15) is 0 Å². The average molecular weight is 237 g/mol. The van der Waals surface area contributed by atoms with E-state index in [4.69, 9.17) is 28.9 Å². The molecule has 0 saturated carbocycles. The third-order valence-corrected chi connectivity index (χ3v) is 2.17. The van der Waals surface area contributed by atoms with E-state index in [-0.39, 0.29) is 0 Å². The van der Waals surface area contributed by atoms with Crippen LogP contribution >= 0.6 is 36.0 Å². The Labute approximate surface area is 91.0 Å². The first-order valence-electron chi connectivity index (χ1n) is 3.25. The van der Waals surface area contributed by atoms with E-state index in [0.717, 1.165) is 4.31 Å². The van der Waals surface area contributed by atoms with Crippen LogP contribution in [-0.2, 0) is 0 Å². The molecule has 0 aliphatic rings. The summed E-state index contributed by atoms with van der Waals surface area (Å²) in [6.45, 7) is 0. The second-order valence-corrected chi connectivity index (χ2v) is 3.55. The fourth-order valence-electron chi connectivity index (χ4n) is 0.789. The summed E-state index contributed by atoms with van der Waals surface area (Å²) in [6, 6.07) is 3.92. The van der Waals surface area contributed by atoms with Crippen molar-refractivity contribution in [2.45, 2.75) is 0 Å². The monoisotopic (exact) mass is 236 g/mol. The number of thiol groups is 1. The second-order valence-electron chi connectivity index (χ2n) is 2.28. The smallest absolute Gasteiger partial charge is 0.329 e. The van der Waals surface area contributed by atoms with E-state index in [1.54, 1.807) is 6.07 Å². The molecule has 0 heterocycles. The molecule has 0 unspecified atom stereocenters. The highest BCUT2D eigenvalue weighted by atomic mass is 35.5. The predicted molar refractivity (Wildman–Crippen MR) is 57.5 cm³/mol. The summed E-state index contributed by atoms with van der Waals surface area (Å²) in [7, 11) is 0. The van der Waals surface area contributed by atoms with Crippen LogP contribution in [-0.4, -0.2) is 6.03 Å². The van der Waals surface area contributed by atoms with Crippen molar-refractivity contribution in [3.05, 3.63) is 28.2 Å². The zero-order valence-electron chi connectivity index (χ0n) is 6.37. The number of rotatable bonds is 1. The Morgan fingerprint density at radius 1 is 1.31 bits per heavy atom. The first-order valence-corrected chi connectivity index (χ1v) is 4.41. The lowest BCUT2D eigenvalue weighted by atomic mass is 10.3. The number of carbonyl (C=O) groups excluding carboxylic acids is 1. The van der Waals surface area contributed by atoms with E-state index in [9.17, 15) is 4.79 Å². The van der Waals surface area contributed by atoms with Gasteiger partial charge in [-0.3, -0.25) is 0 Å². The van der Waals surface area contributed by atoms with Crippen molar-refractivity contribution in [3.63, 3.8) is 0 Å². The van der Waals surface area contributed by atoms with Crippen LogP contribution in [0.2, 0.25) is 10.0 Å². The number of amides is 2. The van der Waals surface area contributed by atoms with Crippen LogP contribution < -0.4 is 10.0 Å². The number of urea groups is 1. The fourth-order valence-corrected chi connectivity index (χ4v) is 1.42. The van der Waals surface area contributed by atoms with Gasteiger partial charge < -0.3 is 5.73 Å². The molecule has 1 aromatic carbocycles. The van der Waals surface area contributed by atoms with Crippen LogP contribution in [0, 0.1) is 0 Å². The number of anilines is 1. The maximum Gasteiger partial charge on any atom is 0.329 e. The molecule has 1 rings (SSSR count). The molecule has 1 aromatic rings. The van der Waals surface area contributed by atoms with Crippen molar-refractivity contribution < 1.29 is 4.79 Å². The Morgan fingerprint density at radius 2 is 1.77 bits per heavy atom. The fraction of sp³-hybridized carbons (Fsp3) is 0. The van der Waals surface area contributed by atoms with Crippen molar-refractivity contribution in [3.8, 4) is 0 Å². The number of carbonyl (C=O) groups is 1. The summed E-state index contributed by atoms with van der Waals surface area (Å²) in [6.07, 6.45) is 0. The highest BCUT2D eigenvalue weighted by molar-refractivity contribution is 7.82. The third-order valence-electron chi connectivity index (χ3n) is 1.30. The highest BCUT2D eigenvalue weighted by Crippen LogP contribution is 2.26. The summed E-state index contributed by atoms with van der Waals surface area (Å²) in [5.74, 6) is 0. The van der Waals surface area contributed by atoms with Crippen molar-refractivity contribution in [1.82, 2.24) is 0 Å². The van der Waals surface area contributed by atoms with Crippen molar-refractivity contribution in [2.24, 2.45) is 5.73 Å². The van der Waals surface area contributed by atoms with Gasteiger partial charge >= 0.3 is 6.03 Å². The number of primary amides is 1. The van der Waals surface area contributed by atoms with Crippen molar-refractivity contribution >= 4 is 47.7 Å². The Kier molecular flexibility index (Phi) is 3.30. The minimum Gasteiger partial charge on any atom is -0.350 e. The molecule has 0 fully saturated rings. The van der Waals surface area contributed by atoms with Gasteiger partial charge in [0.25, 0.3) is 0 Å². The number of halogens is 2. The average Bonchev–Trinajstić information content (AvgIpc) is 2.01. The lowest BCUT2D eigenvalue weighted by molar-refractivity contribution is 0.257. The van der Waals surface area contributed by atoms with Crippen molar-refractivity contribution in [2.75, 3.05) is 4.31 Å². The number of hydrogen-bond acceptors (Lipinski definition) is 2. The molecule has 6 heteroatoms. The molecule has 0 radical (unpaired) electrons. The van der Waals surface area contributed by atoms with Gasteiger partial charge in [0.05, 0.1) is 5.69 Å². The minimum atomic E-state index is -0.693. The van der Waals surface area contributed by atoms with Gasteiger partial charge in [-0.05, 0) is 18.2 Å². The van der Waals surface area contributed by atoms with Gasteiger partial charge in [-0.2, -0.15) is 0 Å². The maximum atomic E-state index is 10.7. The Morgan fingerprint density at radius 3 is 2.15 bits per heavy atom. The molecular weight excluding hydrogens is 231 g/mol. The zero-order chi connectivity index (χ0) is 10.0. The van der Waals surface area contributed by atoms with Gasteiger partial charge in [-0.15, -0.1) is 0 Å². The van der Waals surface area contributed by atoms with E-state index in [2.05, 4.69) is 12.8 Å². The maximum absolute atomic E-state index is 10.7. The van der Waals surface area contributed by atoms with Crippen LogP contribution in [0.5, 0.6) is 0 Å². The summed E-state index contributed by atoms with van der Waals surface area (Å²) >= 11 is 15.3. The molecular formula is C7H6Cl2N2OS. The lowest BCUT2D eigenvalue weighted by Gasteiger charge is -2.12. The minimum absolute atomic E-state index is 0.419. The van der Waals surface area contributed by atoms with Gasteiger partial charge in [0, 0.05) is 10.0 Å². The topological polar surface area (TPSA) is 46.3 Å². The molecule has 0 aromatic heterocycles. The first-order chi connectivity index (χ1) is 6.00. The summed E-state index contributed by atoms with van der Waals surface area (Å²) < 4.78 is 0.956. The molecule has 70 valence electrons. The molecule has 0 atom stereocenters. The Balaban J connectivity index is 3.07. The lowest BCUT2D eigenvalue weighted by Crippen LogP contribution is -2.27. The Bertz CT molecular complexity index is 325. The molecule has 0 aliphatic heterocycles. The molecule has 2 amide bonds. The van der Waals surface area contributed by atoms with E-state index < -0.39 is 6.03 Å².